The molecule has 0 aromatic heterocycles. The summed E-state index contributed by atoms with van der Waals surface area (Å²) in [6, 6.07) is 13.1. The third-order valence-corrected chi connectivity index (χ3v) is 3.61. The summed E-state index contributed by atoms with van der Waals surface area (Å²) in [6.07, 6.45) is 0.516. The molecule has 0 saturated heterocycles. The van der Waals surface area contributed by atoms with Gasteiger partial charge in [0.25, 0.3) is 5.91 Å². The van der Waals surface area contributed by atoms with Crippen LogP contribution < -0.4 is 22.1 Å². The zero-order valence-corrected chi connectivity index (χ0v) is 14.5. The average molecular weight is 340 g/mol. The van der Waals surface area contributed by atoms with Gasteiger partial charge in [0.05, 0.1) is 0 Å². The van der Waals surface area contributed by atoms with E-state index in [1.807, 2.05) is 32.0 Å². The zero-order chi connectivity index (χ0) is 18.4. The third-order valence-electron chi connectivity index (χ3n) is 3.61. The molecule has 0 heterocycles. The van der Waals surface area contributed by atoms with Gasteiger partial charge in [0, 0.05) is 22.6 Å². The highest BCUT2D eigenvalue weighted by atomic mass is 16.2. The van der Waals surface area contributed by atoms with Gasteiger partial charge >= 0.3 is 0 Å². The molecule has 2 amide bonds. The molecule has 1 unspecified atom stereocenters. The molecule has 0 aliphatic rings. The summed E-state index contributed by atoms with van der Waals surface area (Å²) in [5, 5.41) is 5.60. The Morgan fingerprint density at radius 2 is 1.60 bits per heavy atom. The Kier molecular flexibility index (Phi) is 6.00. The van der Waals surface area contributed by atoms with Crippen LogP contribution in [0.4, 0.5) is 17.1 Å². The van der Waals surface area contributed by atoms with Gasteiger partial charge in [0.15, 0.2) is 0 Å². The summed E-state index contributed by atoms with van der Waals surface area (Å²) in [7, 11) is 0. The van der Waals surface area contributed by atoms with Crippen molar-refractivity contribution in [2.45, 2.75) is 26.3 Å². The number of hydrogen-bond acceptors (Lipinski definition) is 4. The van der Waals surface area contributed by atoms with Gasteiger partial charge in [-0.1, -0.05) is 32.0 Å². The third kappa shape index (κ3) is 5.53. The van der Waals surface area contributed by atoms with E-state index in [4.69, 9.17) is 11.5 Å². The molecule has 0 saturated carbocycles. The van der Waals surface area contributed by atoms with Gasteiger partial charge in [-0.3, -0.25) is 9.59 Å². The maximum atomic E-state index is 12.6. The van der Waals surface area contributed by atoms with Crippen LogP contribution in [0.5, 0.6) is 0 Å². The maximum absolute atomic E-state index is 12.6. The second kappa shape index (κ2) is 8.19. The van der Waals surface area contributed by atoms with Crippen molar-refractivity contribution in [1.29, 1.82) is 0 Å². The molecule has 6 N–H and O–H groups in total. The van der Waals surface area contributed by atoms with Crippen LogP contribution in [0.15, 0.2) is 48.5 Å². The van der Waals surface area contributed by atoms with Gasteiger partial charge in [0.2, 0.25) is 5.91 Å². The molecule has 0 bridgehead atoms. The molecule has 1 atom stereocenters. The predicted molar refractivity (Wildman–Crippen MR) is 101 cm³/mol. The first kappa shape index (κ1) is 18.3. The minimum Gasteiger partial charge on any atom is -0.399 e. The van der Waals surface area contributed by atoms with Crippen molar-refractivity contribution in [2.24, 2.45) is 5.92 Å². The fourth-order valence-electron chi connectivity index (χ4n) is 2.50. The standard InChI is InChI=1S/C19H24N4O2/c1-12(2)8-17(19(25)22-16-6-4-3-5-7-16)23-18(24)13-9-14(20)11-15(21)10-13/h3-7,9-12,17H,8,20-21H2,1-2H3,(H,22,25)(H,23,24). The van der Waals surface area contributed by atoms with Gasteiger partial charge < -0.3 is 22.1 Å². The van der Waals surface area contributed by atoms with E-state index >= 15 is 0 Å². The maximum Gasteiger partial charge on any atom is 0.252 e. The predicted octanol–water partition coefficient (Wildman–Crippen LogP) is 2.63. The van der Waals surface area contributed by atoms with Crippen molar-refractivity contribution in [1.82, 2.24) is 5.32 Å². The van der Waals surface area contributed by atoms with Crippen LogP contribution in [-0.4, -0.2) is 17.9 Å². The Bertz CT molecular complexity index is 724. The second-order valence-electron chi connectivity index (χ2n) is 6.40. The normalized spacial score (nSPS) is 11.8. The van der Waals surface area contributed by atoms with Crippen molar-refractivity contribution in [3.8, 4) is 0 Å². The van der Waals surface area contributed by atoms with Gasteiger partial charge in [0.1, 0.15) is 6.04 Å². The van der Waals surface area contributed by atoms with E-state index in [0.29, 0.717) is 29.0 Å². The van der Waals surface area contributed by atoms with Crippen LogP contribution in [-0.2, 0) is 4.79 Å². The number of rotatable bonds is 6. The van der Waals surface area contributed by atoms with Crippen molar-refractivity contribution in [2.75, 3.05) is 16.8 Å². The molecule has 2 aromatic carbocycles. The Morgan fingerprint density at radius 3 is 2.16 bits per heavy atom. The number of amides is 2. The van der Waals surface area contributed by atoms with E-state index in [1.165, 1.54) is 12.1 Å². The SMILES string of the molecule is CC(C)CC(NC(=O)c1cc(N)cc(N)c1)C(=O)Nc1ccccc1. The van der Waals surface area contributed by atoms with Gasteiger partial charge in [-0.05, 0) is 42.7 Å². The molecular formula is C19H24N4O2. The number of carbonyl (C=O) groups excluding carboxylic acids is 2. The summed E-state index contributed by atoms with van der Waals surface area (Å²) < 4.78 is 0. The topological polar surface area (TPSA) is 110 Å². The first-order chi connectivity index (χ1) is 11.8. The van der Waals surface area contributed by atoms with E-state index < -0.39 is 6.04 Å². The first-order valence-corrected chi connectivity index (χ1v) is 8.18. The summed E-state index contributed by atoms with van der Waals surface area (Å²) in [5.41, 5.74) is 13.3. The number of nitrogens with two attached hydrogens (primary N) is 2. The smallest absolute Gasteiger partial charge is 0.252 e. The fourth-order valence-corrected chi connectivity index (χ4v) is 2.50. The van der Waals surface area contributed by atoms with Crippen molar-refractivity contribution >= 4 is 28.9 Å². The van der Waals surface area contributed by atoms with Gasteiger partial charge in [-0.2, -0.15) is 0 Å². The van der Waals surface area contributed by atoms with E-state index in [-0.39, 0.29) is 17.7 Å². The summed E-state index contributed by atoms with van der Waals surface area (Å²) in [6.45, 7) is 3.99. The lowest BCUT2D eigenvalue weighted by molar-refractivity contribution is -0.118. The number of anilines is 3. The summed E-state index contributed by atoms with van der Waals surface area (Å²) in [5.74, 6) is -0.407. The molecular weight excluding hydrogens is 316 g/mol. The summed E-state index contributed by atoms with van der Waals surface area (Å²) >= 11 is 0. The lowest BCUT2D eigenvalue weighted by Gasteiger charge is -2.20. The molecule has 0 fully saturated rings. The highest BCUT2D eigenvalue weighted by molar-refractivity contribution is 6.01. The van der Waals surface area contributed by atoms with Crippen LogP contribution in [0.3, 0.4) is 0 Å². The minimum absolute atomic E-state index is 0.234. The quantitative estimate of drug-likeness (QED) is 0.606. The number of hydrogen-bond donors (Lipinski definition) is 4. The van der Waals surface area contributed by atoms with Crippen LogP contribution in [0.2, 0.25) is 0 Å². The van der Waals surface area contributed by atoms with E-state index in [1.54, 1.807) is 18.2 Å². The molecule has 132 valence electrons. The number of benzene rings is 2. The number of carbonyl (C=O) groups is 2. The molecule has 2 aromatic rings. The Hall–Kier alpha value is -3.02. The minimum atomic E-state index is -0.657. The van der Waals surface area contributed by atoms with Crippen LogP contribution in [0.1, 0.15) is 30.6 Å². The Labute approximate surface area is 147 Å². The van der Waals surface area contributed by atoms with E-state index in [9.17, 15) is 9.59 Å². The molecule has 0 aliphatic heterocycles. The van der Waals surface area contributed by atoms with E-state index in [2.05, 4.69) is 10.6 Å². The van der Waals surface area contributed by atoms with Crippen molar-refractivity contribution < 1.29 is 9.59 Å². The molecule has 2 rings (SSSR count). The Morgan fingerprint density at radius 1 is 1.00 bits per heavy atom. The largest absolute Gasteiger partial charge is 0.399 e. The zero-order valence-electron chi connectivity index (χ0n) is 14.5. The second-order valence-corrected chi connectivity index (χ2v) is 6.40. The lowest BCUT2D eigenvalue weighted by Crippen LogP contribution is -2.44. The van der Waals surface area contributed by atoms with Gasteiger partial charge in [-0.25, -0.2) is 0 Å². The Balaban J connectivity index is 2.13. The van der Waals surface area contributed by atoms with Gasteiger partial charge in [-0.15, -0.1) is 0 Å². The molecule has 6 nitrogen and oxygen atoms in total. The fraction of sp³-hybridized carbons (Fsp3) is 0.263. The molecule has 0 aliphatic carbocycles. The average Bonchev–Trinajstić information content (AvgIpc) is 2.53. The van der Waals surface area contributed by atoms with Crippen molar-refractivity contribution in [3.63, 3.8) is 0 Å². The number of para-hydroxylation sites is 1. The molecule has 0 radical (unpaired) electrons. The van der Waals surface area contributed by atoms with Crippen molar-refractivity contribution in [3.05, 3.63) is 54.1 Å². The van der Waals surface area contributed by atoms with E-state index in [0.717, 1.165) is 0 Å². The monoisotopic (exact) mass is 340 g/mol. The number of nitrogen functional groups attached to an aromatic ring is 2. The molecule has 0 spiro atoms. The highest BCUT2D eigenvalue weighted by Gasteiger charge is 2.23. The molecule has 6 heteroatoms. The first-order valence-electron chi connectivity index (χ1n) is 8.18. The molecule has 25 heavy (non-hydrogen) atoms. The van der Waals surface area contributed by atoms with Crippen LogP contribution >= 0.6 is 0 Å². The number of nitrogens with one attached hydrogen (secondary N) is 2. The summed E-state index contributed by atoms with van der Waals surface area (Å²) in [4.78, 5) is 25.1. The van der Waals surface area contributed by atoms with Crippen LogP contribution in [0, 0.1) is 5.92 Å². The lowest BCUT2D eigenvalue weighted by atomic mass is 10.0. The van der Waals surface area contributed by atoms with Crippen LogP contribution in [0.25, 0.3) is 0 Å². The highest BCUT2D eigenvalue weighted by Crippen LogP contribution is 2.15.